The van der Waals surface area contributed by atoms with Gasteiger partial charge in [0, 0.05) is 25.7 Å². The van der Waals surface area contributed by atoms with Crippen LogP contribution in [-0.2, 0) is 9.47 Å². The van der Waals surface area contributed by atoms with Crippen LogP contribution in [0.5, 0.6) is 0 Å². The lowest BCUT2D eigenvalue weighted by Gasteiger charge is -2.37. The summed E-state index contributed by atoms with van der Waals surface area (Å²) in [4.78, 5) is 0. The van der Waals surface area contributed by atoms with Crippen molar-refractivity contribution in [3.05, 3.63) is 0 Å². The van der Waals surface area contributed by atoms with Crippen LogP contribution < -0.4 is 5.32 Å². The molecular formula is C14H25NO2. The first-order valence-corrected chi connectivity index (χ1v) is 7.05. The third-order valence-corrected chi connectivity index (χ3v) is 4.93. The van der Waals surface area contributed by atoms with Crippen LogP contribution in [0.15, 0.2) is 0 Å². The van der Waals surface area contributed by atoms with Crippen molar-refractivity contribution in [2.24, 2.45) is 11.3 Å². The van der Waals surface area contributed by atoms with E-state index in [9.17, 15) is 0 Å². The van der Waals surface area contributed by atoms with Gasteiger partial charge in [-0.2, -0.15) is 0 Å². The standard InChI is InChI=1S/C14H25NO2/c1-13(2)7-11(13)9-15-12-3-5-17-14(8-12)4-6-16-10-14/h11-12,15H,3-10H2,1-2H3. The summed E-state index contributed by atoms with van der Waals surface area (Å²) >= 11 is 0. The molecule has 0 aromatic rings. The molecule has 17 heavy (non-hydrogen) atoms. The number of hydrogen-bond donors (Lipinski definition) is 1. The highest BCUT2D eigenvalue weighted by Crippen LogP contribution is 2.51. The second kappa shape index (κ2) is 4.22. The molecule has 3 atom stereocenters. The van der Waals surface area contributed by atoms with E-state index in [1.807, 2.05) is 0 Å². The van der Waals surface area contributed by atoms with Gasteiger partial charge in [-0.15, -0.1) is 0 Å². The van der Waals surface area contributed by atoms with Gasteiger partial charge in [-0.25, -0.2) is 0 Å². The van der Waals surface area contributed by atoms with Crippen molar-refractivity contribution < 1.29 is 9.47 Å². The Morgan fingerprint density at radius 3 is 2.71 bits per heavy atom. The quantitative estimate of drug-likeness (QED) is 0.816. The molecule has 0 aromatic carbocycles. The molecule has 0 amide bonds. The lowest BCUT2D eigenvalue weighted by molar-refractivity contribution is -0.0893. The SMILES string of the molecule is CC1(C)CC1CNC1CCOC2(CCOC2)C1. The van der Waals surface area contributed by atoms with Gasteiger partial charge in [0.15, 0.2) is 0 Å². The van der Waals surface area contributed by atoms with Gasteiger partial charge in [0.2, 0.25) is 0 Å². The predicted octanol–water partition coefficient (Wildman–Crippen LogP) is 1.96. The molecule has 0 radical (unpaired) electrons. The maximum absolute atomic E-state index is 5.96. The van der Waals surface area contributed by atoms with E-state index in [1.165, 1.54) is 13.0 Å². The zero-order valence-electron chi connectivity index (χ0n) is 11.1. The molecular weight excluding hydrogens is 214 g/mol. The van der Waals surface area contributed by atoms with Gasteiger partial charge in [-0.3, -0.25) is 0 Å². The number of ether oxygens (including phenoxy) is 2. The summed E-state index contributed by atoms with van der Waals surface area (Å²) in [5.41, 5.74) is 0.640. The minimum Gasteiger partial charge on any atom is -0.378 e. The molecule has 1 spiro atoms. The fraction of sp³-hybridized carbons (Fsp3) is 1.00. The Labute approximate surface area is 104 Å². The van der Waals surface area contributed by atoms with E-state index in [4.69, 9.17) is 9.47 Å². The van der Waals surface area contributed by atoms with E-state index in [1.54, 1.807) is 0 Å². The summed E-state index contributed by atoms with van der Waals surface area (Å²) in [6.45, 7) is 8.51. The lowest BCUT2D eigenvalue weighted by atomic mass is 9.89. The smallest absolute Gasteiger partial charge is 0.0951 e. The van der Waals surface area contributed by atoms with Crippen LogP contribution in [0.25, 0.3) is 0 Å². The van der Waals surface area contributed by atoms with Crippen molar-refractivity contribution >= 4 is 0 Å². The monoisotopic (exact) mass is 239 g/mol. The Morgan fingerprint density at radius 2 is 2.06 bits per heavy atom. The second-order valence-corrected chi connectivity index (χ2v) is 6.82. The van der Waals surface area contributed by atoms with Crippen LogP contribution in [0.2, 0.25) is 0 Å². The zero-order valence-corrected chi connectivity index (χ0v) is 11.1. The molecule has 2 aliphatic heterocycles. The van der Waals surface area contributed by atoms with Gasteiger partial charge < -0.3 is 14.8 Å². The van der Waals surface area contributed by atoms with Crippen molar-refractivity contribution in [1.82, 2.24) is 5.32 Å². The van der Waals surface area contributed by atoms with Crippen LogP contribution in [0.1, 0.15) is 39.5 Å². The summed E-state index contributed by atoms with van der Waals surface area (Å²) in [5.74, 6) is 0.890. The number of hydrogen-bond acceptors (Lipinski definition) is 3. The van der Waals surface area contributed by atoms with E-state index >= 15 is 0 Å². The first-order chi connectivity index (χ1) is 8.10. The molecule has 2 heterocycles. The summed E-state index contributed by atoms with van der Waals surface area (Å²) in [5, 5.41) is 3.75. The fourth-order valence-corrected chi connectivity index (χ4v) is 3.30. The summed E-state index contributed by atoms with van der Waals surface area (Å²) in [7, 11) is 0. The molecule has 3 heteroatoms. The zero-order chi connectivity index (χ0) is 11.9. The van der Waals surface area contributed by atoms with Crippen molar-refractivity contribution in [1.29, 1.82) is 0 Å². The maximum Gasteiger partial charge on any atom is 0.0951 e. The van der Waals surface area contributed by atoms with Crippen LogP contribution in [0, 0.1) is 11.3 Å². The predicted molar refractivity (Wildman–Crippen MR) is 67.0 cm³/mol. The fourth-order valence-electron chi connectivity index (χ4n) is 3.30. The third kappa shape index (κ3) is 2.51. The summed E-state index contributed by atoms with van der Waals surface area (Å²) < 4.78 is 11.5. The van der Waals surface area contributed by atoms with Gasteiger partial charge >= 0.3 is 0 Å². The molecule has 1 N–H and O–H groups in total. The summed E-state index contributed by atoms with van der Waals surface area (Å²) in [6, 6.07) is 0.641. The van der Waals surface area contributed by atoms with E-state index in [0.717, 1.165) is 45.0 Å². The molecule has 3 unspecified atom stereocenters. The average molecular weight is 239 g/mol. The molecule has 98 valence electrons. The molecule has 3 nitrogen and oxygen atoms in total. The van der Waals surface area contributed by atoms with Crippen LogP contribution in [0.3, 0.4) is 0 Å². The molecule has 0 aromatic heterocycles. The lowest BCUT2D eigenvalue weighted by Crippen LogP contribution is -2.48. The topological polar surface area (TPSA) is 30.5 Å². The van der Waals surface area contributed by atoms with Crippen molar-refractivity contribution in [2.75, 3.05) is 26.4 Å². The minimum atomic E-state index is 0.0506. The van der Waals surface area contributed by atoms with Gasteiger partial charge in [-0.1, -0.05) is 13.8 Å². The van der Waals surface area contributed by atoms with E-state index in [2.05, 4.69) is 19.2 Å². The molecule has 2 saturated heterocycles. The molecule has 1 saturated carbocycles. The average Bonchev–Trinajstić information content (AvgIpc) is 2.70. The van der Waals surface area contributed by atoms with Crippen LogP contribution >= 0.6 is 0 Å². The second-order valence-electron chi connectivity index (χ2n) is 6.82. The highest BCUT2D eigenvalue weighted by atomic mass is 16.6. The van der Waals surface area contributed by atoms with Gasteiger partial charge in [-0.05, 0) is 37.1 Å². The summed E-state index contributed by atoms with van der Waals surface area (Å²) in [6.07, 6.45) is 4.77. The Kier molecular flexibility index (Phi) is 2.96. The van der Waals surface area contributed by atoms with Gasteiger partial charge in [0.1, 0.15) is 0 Å². The van der Waals surface area contributed by atoms with E-state index < -0.39 is 0 Å². The van der Waals surface area contributed by atoms with Crippen LogP contribution in [0.4, 0.5) is 0 Å². The molecule has 1 aliphatic carbocycles. The van der Waals surface area contributed by atoms with Crippen molar-refractivity contribution in [2.45, 2.75) is 51.2 Å². The third-order valence-electron chi connectivity index (χ3n) is 4.93. The van der Waals surface area contributed by atoms with Crippen molar-refractivity contribution in [3.8, 4) is 0 Å². The molecule has 3 fully saturated rings. The van der Waals surface area contributed by atoms with Gasteiger partial charge in [0.05, 0.1) is 12.2 Å². The Morgan fingerprint density at radius 1 is 1.24 bits per heavy atom. The molecule has 3 rings (SSSR count). The highest BCUT2D eigenvalue weighted by Gasteiger charge is 2.46. The maximum atomic E-state index is 5.96. The highest BCUT2D eigenvalue weighted by molar-refractivity contribution is 4.98. The Balaban J connectivity index is 1.47. The van der Waals surface area contributed by atoms with Gasteiger partial charge in [0.25, 0.3) is 0 Å². The first kappa shape index (κ1) is 11.9. The first-order valence-electron chi connectivity index (χ1n) is 7.05. The molecule has 0 bridgehead atoms. The Bertz CT molecular complexity index is 284. The largest absolute Gasteiger partial charge is 0.378 e. The Hall–Kier alpha value is -0.120. The van der Waals surface area contributed by atoms with E-state index in [-0.39, 0.29) is 5.60 Å². The van der Waals surface area contributed by atoms with Crippen LogP contribution in [-0.4, -0.2) is 38.0 Å². The van der Waals surface area contributed by atoms with Crippen molar-refractivity contribution in [3.63, 3.8) is 0 Å². The number of nitrogens with one attached hydrogen (secondary N) is 1. The molecule has 3 aliphatic rings. The normalized spacial score (nSPS) is 44.1. The van der Waals surface area contributed by atoms with E-state index in [0.29, 0.717) is 11.5 Å². The minimum absolute atomic E-state index is 0.0506. The number of rotatable bonds is 3.